The molecule has 3 heterocycles. The van der Waals surface area contributed by atoms with Gasteiger partial charge in [-0.25, -0.2) is 8.42 Å². The van der Waals surface area contributed by atoms with Crippen molar-refractivity contribution in [1.29, 1.82) is 0 Å². The van der Waals surface area contributed by atoms with E-state index in [1.807, 2.05) is 4.90 Å². The second-order valence-electron chi connectivity index (χ2n) is 8.45. The summed E-state index contributed by atoms with van der Waals surface area (Å²) < 4.78 is 28.3. The first-order valence-corrected chi connectivity index (χ1v) is 13.3. The van der Waals surface area contributed by atoms with E-state index in [2.05, 4.69) is 36.9 Å². The van der Waals surface area contributed by atoms with Crippen LogP contribution in [0.2, 0.25) is 0 Å². The number of benzene rings is 1. The van der Waals surface area contributed by atoms with Gasteiger partial charge in [0.25, 0.3) is 10.0 Å². The minimum Gasteiger partial charge on any atom is -0.369 e. The van der Waals surface area contributed by atoms with Gasteiger partial charge in [-0.05, 0) is 62.4 Å². The van der Waals surface area contributed by atoms with Gasteiger partial charge in [0.1, 0.15) is 4.21 Å². The number of piperazine rings is 1. The van der Waals surface area contributed by atoms with Crippen LogP contribution in [0.1, 0.15) is 35.3 Å². The van der Waals surface area contributed by atoms with Crippen LogP contribution in [0.15, 0.2) is 34.5 Å². The van der Waals surface area contributed by atoms with E-state index in [-0.39, 0.29) is 5.91 Å². The zero-order valence-corrected chi connectivity index (χ0v) is 20.0. The molecule has 0 saturated carbocycles. The van der Waals surface area contributed by atoms with E-state index in [9.17, 15) is 13.2 Å². The number of sulfonamides is 1. The molecule has 0 radical (unpaired) electrons. The Hall–Kier alpha value is -1.90. The lowest BCUT2D eigenvalue weighted by Crippen LogP contribution is -2.48. The molecule has 2 aromatic rings. The second-order valence-corrected chi connectivity index (χ2v) is 11.8. The molecule has 0 atom stereocenters. The molecule has 168 valence electrons. The Morgan fingerprint density at radius 3 is 2.35 bits per heavy atom. The maximum atomic E-state index is 13.2. The number of carbonyl (C=O) groups excluding carboxylic acids is 1. The van der Waals surface area contributed by atoms with Crippen LogP contribution in [-0.4, -0.2) is 62.8 Å². The molecule has 0 spiro atoms. The molecule has 2 aliphatic heterocycles. The predicted molar refractivity (Wildman–Crippen MR) is 125 cm³/mol. The van der Waals surface area contributed by atoms with Crippen LogP contribution in [0, 0.1) is 13.8 Å². The van der Waals surface area contributed by atoms with Gasteiger partial charge in [-0.3, -0.25) is 4.79 Å². The Morgan fingerprint density at radius 2 is 1.65 bits per heavy atom. The second kappa shape index (κ2) is 9.30. The first kappa shape index (κ1) is 22.3. The standard InChI is InChI=1S/C23H31N3O3S2/c1-18-7-6-8-21(19(18)2)24-13-15-26(16-14-24)31(28,29)23-10-9-20(30-23)17-22(27)25-11-4-3-5-12-25/h6-10H,3-5,11-17H2,1-2H3. The molecular weight excluding hydrogens is 430 g/mol. The van der Waals surface area contributed by atoms with Crippen molar-refractivity contribution in [3.63, 3.8) is 0 Å². The number of anilines is 1. The van der Waals surface area contributed by atoms with Gasteiger partial charge in [0.15, 0.2) is 0 Å². The van der Waals surface area contributed by atoms with E-state index in [0.717, 1.165) is 30.8 Å². The molecule has 2 fully saturated rings. The summed E-state index contributed by atoms with van der Waals surface area (Å²) in [6.07, 6.45) is 3.59. The third-order valence-electron chi connectivity index (χ3n) is 6.42. The summed E-state index contributed by atoms with van der Waals surface area (Å²) >= 11 is 1.24. The van der Waals surface area contributed by atoms with Crippen molar-refractivity contribution in [3.8, 4) is 0 Å². The van der Waals surface area contributed by atoms with Crippen molar-refractivity contribution in [1.82, 2.24) is 9.21 Å². The normalized spacial score (nSPS) is 18.4. The van der Waals surface area contributed by atoms with Crippen molar-refractivity contribution >= 4 is 33.0 Å². The molecule has 2 saturated heterocycles. The van der Waals surface area contributed by atoms with Gasteiger partial charge in [0.2, 0.25) is 5.91 Å². The summed E-state index contributed by atoms with van der Waals surface area (Å²) in [4.78, 5) is 17.5. The van der Waals surface area contributed by atoms with Crippen molar-refractivity contribution in [2.24, 2.45) is 0 Å². The molecule has 0 N–H and O–H groups in total. The van der Waals surface area contributed by atoms with Crippen molar-refractivity contribution < 1.29 is 13.2 Å². The number of amides is 1. The highest BCUT2D eigenvalue weighted by Crippen LogP contribution is 2.29. The van der Waals surface area contributed by atoms with Crippen LogP contribution >= 0.6 is 11.3 Å². The van der Waals surface area contributed by atoms with E-state index in [1.165, 1.54) is 34.6 Å². The first-order chi connectivity index (χ1) is 14.9. The molecule has 0 bridgehead atoms. The molecule has 1 aromatic carbocycles. The summed E-state index contributed by atoms with van der Waals surface area (Å²) in [5, 5.41) is 0. The average Bonchev–Trinajstić information content (AvgIpc) is 3.26. The Morgan fingerprint density at radius 1 is 0.935 bits per heavy atom. The zero-order valence-electron chi connectivity index (χ0n) is 18.3. The predicted octanol–water partition coefficient (Wildman–Crippen LogP) is 3.43. The van der Waals surface area contributed by atoms with E-state index >= 15 is 0 Å². The summed E-state index contributed by atoms with van der Waals surface area (Å²) in [6.45, 7) is 8.14. The zero-order chi connectivity index (χ0) is 22.0. The minimum absolute atomic E-state index is 0.104. The topological polar surface area (TPSA) is 60.9 Å². The largest absolute Gasteiger partial charge is 0.369 e. The van der Waals surface area contributed by atoms with Gasteiger partial charge in [-0.2, -0.15) is 4.31 Å². The number of nitrogens with zero attached hydrogens (tertiary/aromatic N) is 3. The number of rotatable bonds is 5. The molecule has 4 rings (SSSR count). The lowest BCUT2D eigenvalue weighted by atomic mass is 10.1. The van der Waals surface area contributed by atoms with Crippen LogP contribution in [0.3, 0.4) is 0 Å². The number of piperidine rings is 1. The lowest BCUT2D eigenvalue weighted by Gasteiger charge is -2.36. The van der Waals surface area contributed by atoms with E-state index in [1.54, 1.807) is 16.4 Å². The average molecular weight is 462 g/mol. The summed E-state index contributed by atoms with van der Waals surface area (Å²) in [5.41, 5.74) is 3.68. The van der Waals surface area contributed by atoms with E-state index in [0.29, 0.717) is 36.8 Å². The fourth-order valence-corrected chi connectivity index (χ4v) is 7.29. The van der Waals surface area contributed by atoms with Crippen molar-refractivity contribution in [2.75, 3.05) is 44.2 Å². The Labute approximate surface area is 189 Å². The Bertz CT molecular complexity index is 1030. The summed E-state index contributed by atoms with van der Waals surface area (Å²) in [5.74, 6) is 0.104. The molecule has 1 amide bonds. The Balaban J connectivity index is 1.39. The maximum Gasteiger partial charge on any atom is 0.252 e. The van der Waals surface area contributed by atoms with Crippen LogP contribution in [0.5, 0.6) is 0 Å². The van der Waals surface area contributed by atoms with Crippen LogP contribution in [0.25, 0.3) is 0 Å². The van der Waals surface area contributed by atoms with Crippen LogP contribution in [-0.2, 0) is 21.2 Å². The van der Waals surface area contributed by atoms with Crippen molar-refractivity contribution in [3.05, 3.63) is 46.3 Å². The first-order valence-electron chi connectivity index (χ1n) is 11.0. The van der Waals surface area contributed by atoms with Gasteiger partial charge < -0.3 is 9.80 Å². The summed E-state index contributed by atoms with van der Waals surface area (Å²) in [7, 11) is -3.53. The highest BCUT2D eigenvalue weighted by atomic mass is 32.2. The minimum atomic E-state index is -3.53. The van der Waals surface area contributed by atoms with Crippen LogP contribution in [0.4, 0.5) is 5.69 Å². The number of aryl methyl sites for hydroxylation is 1. The smallest absolute Gasteiger partial charge is 0.252 e. The number of likely N-dealkylation sites (tertiary alicyclic amines) is 1. The molecular formula is C23H31N3O3S2. The highest BCUT2D eigenvalue weighted by molar-refractivity contribution is 7.91. The monoisotopic (exact) mass is 461 g/mol. The van der Waals surface area contributed by atoms with E-state index < -0.39 is 10.0 Å². The van der Waals surface area contributed by atoms with Gasteiger partial charge in [0.05, 0.1) is 6.42 Å². The fraction of sp³-hybridized carbons (Fsp3) is 0.522. The Kier molecular flexibility index (Phi) is 6.69. The van der Waals surface area contributed by atoms with Crippen LogP contribution < -0.4 is 4.90 Å². The molecule has 8 heteroatoms. The van der Waals surface area contributed by atoms with E-state index in [4.69, 9.17) is 0 Å². The molecule has 6 nitrogen and oxygen atoms in total. The van der Waals surface area contributed by atoms with Gasteiger partial charge in [0, 0.05) is 49.8 Å². The van der Waals surface area contributed by atoms with Gasteiger partial charge in [-0.15, -0.1) is 11.3 Å². The molecule has 0 aliphatic carbocycles. The highest BCUT2D eigenvalue weighted by Gasteiger charge is 2.30. The van der Waals surface area contributed by atoms with Gasteiger partial charge >= 0.3 is 0 Å². The molecule has 0 unspecified atom stereocenters. The third-order valence-corrected chi connectivity index (χ3v) is 9.87. The SMILES string of the molecule is Cc1cccc(N2CCN(S(=O)(=O)c3ccc(CC(=O)N4CCCCC4)s3)CC2)c1C. The van der Waals surface area contributed by atoms with Gasteiger partial charge in [-0.1, -0.05) is 12.1 Å². The quantitative estimate of drug-likeness (QED) is 0.685. The third kappa shape index (κ3) is 4.81. The maximum absolute atomic E-state index is 13.2. The number of thiophene rings is 1. The molecule has 1 aromatic heterocycles. The number of hydrogen-bond acceptors (Lipinski definition) is 5. The molecule has 31 heavy (non-hydrogen) atoms. The number of hydrogen-bond donors (Lipinski definition) is 0. The number of carbonyl (C=O) groups is 1. The fourth-order valence-electron chi connectivity index (χ4n) is 4.37. The summed E-state index contributed by atoms with van der Waals surface area (Å²) in [6, 6.07) is 9.72. The van der Waals surface area contributed by atoms with Crippen molar-refractivity contribution in [2.45, 2.75) is 43.7 Å². The molecule has 2 aliphatic rings. The lowest BCUT2D eigenvalue weighted by molar-refractivity contribution is -0.131.